The molecule has 1 N–H and O–H groups in total. The summed E-state index contributed by atoms with van der Waals surface area (Å²) in [5.41, 5.74) is 1.91. The first-order valence-electron chi connectivity index (χ1n) is 8.21. The van der Waals surface area contributed by atoms with Crippen LogP contribution in [0.2, 0.25) is 0 Å². The zero-order valence-corrected chi connectivity index (χ0v) is 13.5. The zero-order valence-electron chi connectivity index (χ0n) is 13.5. The first-order valence-corrected chi connectivity index (χ1v) is 8.21. The van der Waals surface area contributed by atoms with Crippen molar-refractivity contribution < 1.29 is 9.59 Å². The van der Waals surface area contributed by atoms with Crippen molar-refractivity contribution in [2.75, 3.05) is 11.4 Å². The molecule has 24 heavy (non-hydrogen) atoms. The number of aryl methyl sites for hydroxylation is 1. The van der Waals surface area contributed by atoms with Gasteiger partial charge in [-0.05, 0) is 30.5 Å². The fraction of sp³-hybridized carbons (Fsp3) is 0.412. The molecule has 0 aliphatic carbocycles. The highest BCUT2D eigenvalue weighted by Gasteiger charge is 2.21. The van der Waals surface area contributed by atoms with Crippen molar-refractivity contribution in [1.29, 1.82) is 0 Å². The second-order valence-corrected chi connectivity index (χ2v) is 5.86. The van der Waals surface area contributed by atoms with E-state index in [0.29, 0.717) is 25.9 Å². The lowest BCUT2D eigenvalue weighted by Gasteiger charge is -2.16. The van der Waals surface area contributed by atoms with Crippen molar-refractivity contribution >= 4 is 17.5 Å². The maximum absolute atomic E-state index is 11.9. The number of nitrogens with one attached hydrogen (secondary N) is 1. The molecule has 7 heteroatoms. The maximum atomic E-state index is 11.9. The fourth-order valence-electron chi connectivity index (χ4n) is 2.79. The minimum atomic E-state index is 0.0118. The van der Waals surface area contributed by atoms with Crippen LogP contribution in [0.15, 0.2) is 36.9 Å². The molecule has 1 aliphatic rings. The molecular weight excluding hydrogens is 306 g/mol. The van der Waals surface area contributed by atoms with Gasteiger partial charge in [-0.15, -0.1) is 0 Å². The van der Waals surface area contributed by atoms with Crippen molar-refractivity contribution in [3.8, 4) is 0 Å². The molecule has 3 rings (SSSR count). The molecule has 126 valence electrons. The van der Waals surface area contributed by atoms with E-state index < -0.39 is 0 Å². The lowest BCUT2D eigenvalue weighted by atomic mass is 10.2. The lowest BCUT2D eigenvalue weighted by Crippen LogP contribution is -2.25. The normalized spacial score (nSPS) is 14.2. The number of rotatable bonds is 7. The molecule has 7 nitrogen and oxygen atoms in total. The molecular formula is C17H21N5O2. The van der Waals surface area contributed by atoms with Crippen LogP contribution in [0.3, 0.4) is 0 Å². The minimum Gasteiger partial charge on any atom is -0.352 e. The Morgan fingerprint density at radius 3 is 3.00 bits per heavy atom. The molecule has 1 aliphatic heterocycles. The van der Waals surface area contributed by atoms with Gasteiger partial charge in [0.1, 0.15) is 12.7 Å². The monoisotopic (exact) mass is 327 g/mol. The summed E-state index contributed by atoms with van der Waals surface area (Å²) in [6, 6.07) is 7.79. The Balaban J connectivity index is 1.45. The molecule has 2 aromatic rings. The summed E-state index contributed by atoms with van der Waals surface area (Å²) in [7, 11) is 0. The third-order valence-electron chi connectivity index (χ3n) is 4.04. The smallest absolute Gasteiger partial charge is 0.227 e. The molecule has 2 heterocycles. The second-order valence-electron chi connectivity index (χ2n) is 5.86. The Bertz CT molecular complexity index is 699. The van der Waals surface area contributed by atoms with Crippen LogP contribution in [0, 0.1) is 0 Å². The van der Waals surface area contributed by atoms with E-state index in [0.717, 1.165) is 30.6 Å². The van der Waals surface area contributed by atoms with E-state index in [2.05, 4.69) is 15.4 Å². The van der Waals surface area contributed by atoms with E-state index in [-0.39, 0.29) is 11.8 Å². The third kappa shape index (κ3) is 4.18. The predicted molar refractivity (Wildman–Crippen MR) is 89.1 cm³/mol. The van der Waals surface area contributed by atoms with Gasteiger partial charge in [-0.3, -0.25) is 14.3 Å². The van der Waals surface area contributed by atoms with Gasteiger partial charge in [0.05, 0.1) is 0 Å². The molecule has 1 aromatic heterocycles. The van der Waals surface area contributed by atoms with Crippen LogP contribution >= 0.6 is 0 Å². The SMILES string of the molecule is O=C(CCCn1cncn1)NCc1cccc(N2CCCC2=O)c1. The van der Waals surface area contributed by atoms with Gasteiger partial charge in [0, 0.05) is 38.2 Å². The van der Waals surface area contributed by atoms with Crippen LogP contribution in [0.5, 0.6) is 0 Å². The number of carbonyl (C=O) groups is 2. The van der Waals surface area contributed by atoms with Crippen LogP contribution in [0.4, 0.5) is 5.69 Å². The summed E-state index contributed by atoms with van der Waals surface area (Å²) in [6.07, 6.45) is 5.82. The van der Waals surface area contributed by atoms with Crippen LogP contribution in [0.1, 0.15) is 31.2 Å². The van der Waals surface area contributed by atoms with Crippen molar-refractivity contribution in [2.24, 2.45) is 0 Å². The highest BCUT2D eigenvalue weighted by Crippen LogP contribution is 2.22. The number of nitrogens with zero attached hydrogens (tertiary/aromatic N) is 4. The van der Waals surface area contributed by atoms with Gasteiger partial charge in [0.25, 0.3) is 0 Å². The average molecular weight is 327 g/mol. The van der Waals surface area contributed by atoms with E-state index in [9.17, 15) is 9.59 Å². The summed E-state index contributed by atoms with van der Waals surface area (Å²) in [4.78, 5) is 29.4. The van der Waals surface area contributed by atoms with E-state index in [1.54, 1.807) is 11.0 Å². The van der Waals surface area contributed by atoms with Crippen LogP contribution in [-0.2, 0) is 22.7 Å². The molecule has 0 spiro atoms. The summed E-state index contributed by atoms with van der Waals surface area (Å²) in [5, 5.41) is 6.92. The van der Waals surface area contributed by atoms with E-state index in [4.69, 9.17) is 0 Å². The van der Waals surface area contributed by atoms with Gasteiger partial charge in [-0.2, -0.15) is 5.10 Å². The van der Waals surface area contributed by atoms with Gasteiger partial charge < -0.3 is 10.2 Å². The third-order valence-corrected chi connectivity index (χ3v) is 4.04. The number of carbonyl (C=O) groups excluding carboxylic acids is 2. The Labute approximate surface area is 140 Å². The van der Waals surface area contributed by atoms with Crippen LogP contribution < -0.4 is 10.2 Å². The molecule has 1 saturated heterocycles. The van der Waals surface area contributed by atoms with Gasteiger partial charge in [0.15, 0.2) is 0 Å². The maximum Gasteiger partial charge on any atom is 0.227 e. The zero-order chi connectivity index (χ0) is 16.8. The summed E-state index contributed by atoms with van der Waals surface area (Å²) < 4.78 is 1.71. The highest BCUT2D eigenvalue weighted by molar-refractivity contribution is 5.95. The van der Waals surface area contributed by atoms with Crippen molar-refractivity contribution in [3.63, 3.8) is 0 Å². The number of benzene rings is 1. The van der Waals surface area contributed by atoms with Crippen LogP contribution in [0.25, 0.3) is 0 Å². The van der Waals surface area contributed by atoms with Crippen molar-refractivity contribution in [1.82, 2.24) is 20.1 Å². The Morgan fingerprint density at radius 2 is 2.25 bits per heavy atom. The lowest BCUT2D eigenvalue weighted by molar-refractivity contribution is -0.121. The molecule has 2 amide bonds. The number of aromatic nitrogens is 3. The molecule has 0 unspecified atom stereocenters. The average Bonchev–Trinajstić information content (AvgIpc) is 3.25. The molecule has 1 fully saturated rings. The topological polar surface area (TPSA) is 80.1 Å². The fourth-order valence-corrected chi connectivity index (χ4v) is 2.79. The van der Waals surface area contributed by atoms with Gasteiger partial charge in [-0.25, -0.2) is 4.98 Å². The van der Waals surface area contributed by atoms with E-state index in [1.165, 1.54) is 6.33 Å². The second kappa shape index (κ2) is 7.72. The van der Waals surface area contributed by atoms with E-state index in [1.807, 2.05) is 29.2 Å². The summed E-state index contributed by atoms with van der Waals surface area (Å²) >= 11 is 0. The van der Waals surface area contributed by atoms with Crippen molar-refractivity contribution in [2.45, 2.75) is 38.8 Å². The quantitative estimate of drug-likeness (QED) is 0.836. The van der Waals surface area contributed by atoms with Crippen molar-refractivity contribution in [3.05, 3.63) is 42.5 Å². The standard InChI is InChI=1S/C17H21N5O2/c23-16(6-2-8-21-13-18-12-20-21)19-11-14-4-1-5-15(10-14)22-9-3-7-17(22)24/h1,4-5,10,12-13H,2-3,6-9,11H2,(H,19,23). The Kier molecular flexibility index (Phi) is 5.20. The minimum absolute atomic E-state index is 0.0118. The van der Waals surface area contributed by atoms with Crippen LogP contribution in [-0.4, -0.2) is 33.1 Å². The molecule has 0 saturated carbocycles. The summed E-state index contributed by atoms with van der Waals surface area (Å²) in [5.74, 6) is 0.182. The predicted octanol–water partition coefficient (Wildman–Crippen LogP) is 1.50. The first-order chi connectivity index (χ1) is 11.7. The summed E-state index contributed by atoms with van der Waals surface area (Å²) in [6.45, 7) is 1.93. The Morgan fingerprint density at radius 1 is 1.33 bits per heavy atom. The number of anilines is 1. The molecule has 0 atom stereocenters. The van der Waals surface area contributed by atoms with E-state index >= 15 is 0 Å². The first kappa shape index (κ1) is 16.2. The molecule has 1 aromatic carbocycles. The Hall–Kier alpha value is -2.70. The molecule has 0 bridgehead atoms. The van der Waals surface area contributed by atoms with Gasteiger partial charge in [0.2, 0.25) is 11.8 Å². The largest absolute Gasteiger partial charge is 0.352 e. The van der Waals surface area contributed by atoms with Gasteiger partial charge in [-0.1, -0.05) is 12.1 Å². The number of hydrogen-bond donors (Lipinski definition) is 1. The number of amides is 2. The van der Waals surface area contributed by atoms with Gasteiger partial charge >= 0.3 is 0 Å². The highest BCUT2D eigenvalue weighted by atomic mass is 16.2. The number of hydrogen-bond acceptors (Lipinski definition) is 4. The molecule has 0 radical (unpaired) electrons.